The molecule has 0 aliphatic rings. The zero-order valence-corrected chi connectivity index (χ0v) is 33.4. The summed E-state index contributed by atoms with van der Waals surface area (Å²) in [7, 11) is 0. The first-order valence-corrected chi connectivity index (χ1v) is 21.7. The predicted octanol–water partition coefficient (Wildman–Crippen LogP) is 13.5. The number of carbonyl (C=O) groups is 3. The lowest BCUT2D eigenvalue weighted by molar-refractivity contribution is -0.167. The standard InChI is InChI=1S/C44H82O6/c1-4-7-10-13-16-19-22-23-26-28-31-34-37-43(46)49-40-41(50-44(47)38-35-32-29-25-21-18-15-12-9-6-3)39-48-42(45)36-33-30-27-24-20-17-14-11-8-5-2/h16,19,41H,4-15,17-18,20-40H2,1-3H3/b19-16-. The molecule has 0 fully saturated rings. The third-order valence-electron chi connectivity index (χ3n) is 9.52. The van der Waals surface area contributed by atoms with E-state index in [1.807, 2.05) is 0 Å². The highest BCUT2D eigenvalue weighted by molar-refractivity contribution is 5.71. The third-order valence-corrected chi connectivity index (χ3v) is 9.52. The number of ether oxygens (including phenoxy) is 3. The molecular weight excluding hydrogens is 624 g/mol. The number of unbranched alkanes of at least 4 members (excludes halogenated alkanes) is 26. The molecule has 6 nitrogen and oxygen atoms in total. The first-order chi connectivity index (χ1) is 24.5. The molecule has 50 heavy (non-hydrogen) atoms. The van der Waals surface area contributed by atoms with E-state index in [4.69, 9.17) is 14.2 Å². The maximum atomic E-state index is 12.6. The number of carbonyl (C=O) groups excluding carboxylic acids is 3. The normalized spacial score (nSPS) is 12.0. The average Bonchev–Trinajstić information content (AvgIpc) is 3.11. The van der Waals surface area contributed by atoms with Crippen molar-refractivity contribution in [1.82, 2.24) is 0 Å². The van der Waals surface area contributed by atoms with Crippen molar-refractivity contribution in [3.05, 3.63) is 12.2 Å². The molecule has 0 aliphatic heterocycles. The van der Waals surface area contributed by atoms with Gasteiger partial charge in [-0.05, 0) is 44.9 Å². The molecule has 0 aliphatic carbocycles. The monoisotopic (exact) mass is 707 g/mol. The lowest BCUT2D eigenvalue weighted by Crippen LogP contribution is -2.30. The molecule has 0 radical (unpaired) electrons. The molecule has 0 heterocycles. The summed E-state index contributed by atoms with van der Waals surface area (Å²) in [6.45, 7) is 6.58. The minimum Gasteiger partial charge on any atom is -0.462 e. The van der Waals surface area contributed by atoms with Crippen molar-refractivity contribution in [2.45, 2.75) is 239 Å². The summed E-state index contributed by atoms with van der Waals surface area (Å²) in [6.07, 6.45) is 40.4. The van der Waals surface area contributed by atoms with Gasteiger partial charge in [-0.15, -0.1) is 0 Å². The van der Waals surface area contributed by atoms with Crippen molar-refractivity contribution >= 4 is 17.9 Å². The second-order valence-electron chi connectivity index (χ2n) is 14.6. The Morgan fingerprint density at radius 3 is 1.04 bits per heavy atom. The van der Waals surface area contributed by atoms with E-state index in [2.05, 4.69) is 32.9 Å². The fourth-order valence-electron chi connectivity index (χ4n) is 6.20. The number of esters is 3. The van der Waals surface area contributed by atoms with Crippen LogP contribution in [0.5, 0.6) is 0 Å². The van der Waals surface area contributed by atoms with E-state index in [1.165, 1.54) is 128 Å². The SMILES string of the molecule is CCCCC/C=C\CCCCCCCC(=O)OCC(COC(=O)CCCCCCCCCCCC)OC(=O)CCCCCCCCCCCC. The summed E-state index contributed by atoms with van der Waals surface area (Å²) < 4.78 is 16.6. The molecule has 0 bridgehead atoms. The Hall–Kier alpha value is -1.85. The second kappa shape index (κ2) is 39.9. The van der Waals surface area contributed by atoms with Crippen LogP contribution in [0.25, 0.3) is 0 Å². The highest BCUT2D eigenvalue weighted by Crippen LogP contribution is 2.14. The first kappa shape index (κ1) is 48.1. The molecule has 0 aromatic rings. The summed E-state index contributed by atoms with van der Waals surface area (Å²) in [6, 6.07) is 0. The van der Waals surface area contributed by atoms with E-state index in [9.17, 15) is 14.4 Å². The Bertz CT molecular complexity index is 778. The molecule has 1 atom stereocenters. The van der Waals surface area contributed by atoms with Gasteiger partial charge in [0.05, 0.1) is 0 Å². The van der Waals surface area contributed by atoms with Crippen LogP contribution in [-0.2, 0) is 28.6 Å². The number of hydrogen-bond donors (Lipinski definition) is 0. The summed E-state index contributed by atoms with van der Waals surface area (Å²) >= 11 is 0. The minimum atomic E-state index is -0.763. The van der Waals surface area contributed by atoms with Crippen LogP contribution in [-0.4, -0.2) is 37.2 Å². The number of rotatable bonds is 39. The van der Waals surface area contributed by atoms with Crippen molar-refractivity contribution < 1.29 is 28.6 Å². The van der Waals surface area contributed by atoms with Gasteiger partial charge in [0.25, 0.3) is 0 Å². The lowest BCUT2D eigenvalue weighted by Gasteiger charge is -2.18. The van der Waals surface area contributed by atoms with Gasteiger partial charge in [0.2, 0.25) is 0 Å². The topological polar surface area (TPSA) is 78.9 Å². The molecule has 0 aromatic carbocycles. The van der Waals surface area contributed by atoms with Crippen LogP contribution in [0, 0.1) is 0 Å². The van der Waals surface area contributed by atoms with E-state index in [0.29, 0.717) is 19.3 Å². The Morgan fingerprint density at radius 1 is 0.380 bits per heavy atom. The van der Waals surface area contributed by atoms with Gasteiger partial charge in [-0.25, -0.2) is 0 Å². The van der Waals surface area contributed by atoms with Crippen LogP contribution >= 0.6 is 0 Å². The molecule has 0 aromatic heterocycles. The maximum absolute atomic E-state index is 12.6. The highest BCUT2D eigenvalue weighted by Gasteiger charge is 2.19. The van der Waals surface area contributed by atoms with Crippen molar-refractivity contribution in [3.8, 4) is 0 Å². The van der Waals surface area contributed by atoms with Crippen LogP contribution in [0.3, 0.4) is 0 Å². The van der Waals surface area contributed by atoms with E-state index in [1.54, 1.807) is 0 Å². The quantitative estimate of drug-likeness (QED) is 0.0274. The minimum absolute atomic E-state index is 0.0688. The van der Waals surface area contributed by atoms with Gasteiger partial charge in [-0.1, -0.05) is 181 Å². The van der Waals surface area contributed by atoms with Gasteiger partial charge in [0, 0.05) is 19.3 Å². The summed E-state index contributed by atoms with van der Waals surface area (Å²) in [5, 5.41) is 0. The summed E-state index contributed by atoms with van der Waals surface area (Å²) in [5.74, 6) is -0.877. The Morgan fingerprint density at radius 2 is 0.660 bits per heavy atom. The van der Waals surface area contributed by atoms with Gasteiger partial charge < -0.3 is 14.2 Å². The van der Waals surface area contributed by atoms with E-state index in [-0.39, 0.29) is 31.1 Å². The molecule has 0 rings (SSSR count). The molecule has 0 amide bonds. The molecule has 294 valence electrons. The summed E-state index contributed by atoms with van der Waals surface area (Å²) in [4.78, 5) is 37.5. The van der Waals surface area contributed by atoms with Gasteiger partial charge in [0.1, 0.15) is 13.2 Å². The summed E-state index contributed by atoms with van der Waals surface area (Å²) in [5.41, 5.74) is 0. The van der Waals surface area contributed by atoms with Crippen molar-refractivity contribution in [3.63, 3.8) is 0 Å². The van der Waals surface area contributed by atoms with Gasteiger partial charge >= 0.3 is 17.9 Å². The predicted molar refractivity (Wildman–Crippen MR) is 210 cm³/mol. The Kier molecular flexibility index (Phi) is 38.5. The number of allylic oxidation sites excluding steroid dienone is 2. The van der Waals surface area contributed by atoms with Crippen molar-refractivity contribution in [2.24, 2.45) is 0 Å². The van der Waals surface area contributed by atoms with Crippen LogP contribution in [0.1, 0.15) is 233 Å². The fourth-order valence-corrected chi connectivity index (χ4v) is 6.20. The zero-order valence-electron chi connectivity index (χ0n) is 33.4. The second-order valence-corrected chi connectivity index (χ2v) is 14.6. The fraction of sp³-hybridized carbons (Fsp3) is 0.886. The highest BCUT2D eigenvalue weighted by atomic mass is 16.6. The van der Waals surface area contributed by atoms with Crippen molar-refractivity contribution in [2.75, 3.05) is 13.2 Å². The maximum Gasteiger partial charge on any atom is 0.306 e. The van der Waals surface area contributed by atoms with Crippen LogP contribution in [0.2, 0.25) is 0 Å². The smallest absolute Gasteiger partial charge is 0.306 e. The molecule has 0 saturated heterocycles. The van der Waals surface area contributed by atoms with Crippen molar-refractivity contribution in [1.29, 1.82) is 0 Å². The first-order valence-electron chi connectivity index (χ1n) is 21.7. The van der Waals surface area contributed by atoms with Gasteiger partial charge in [-0.3, -0.25) is 14.4 Å². The Balaban J connectivity index is 4.35. The molecule has 6 heteroatoms. The van der Waals surface area contributed by atoms with E-state index >= 15 is 0 Å². The molecule has 0 spiro atoms. The molecular formula is C44H82O6. The van der Waals surface area contributed by atoms with E-state index < -0.39 is 6.10 Å². The lowest BCUT2D eigenvalue weighted by atomic mass is 10.1. The average molecular weight is 707 g/mol. The third kappa shape index (κ3) is 37.4. The van der Waals surface area contributed by atoms with E-state index in [0.717, 1.165) is 64.2 Å². The Labute approximate surface area is 310 Å². The molecule has 0 saturated carbocycles. The van der Waals surface area contributed by atoms with Crippen LogP contribution in [0.15, 0.2) is 12.2 Å². The largest absolute Gasteiger partial charge is 0.462 e. The zero-order chi connectivity index (χ0) is 36.6. The van der Waals surface area contributed by atoms with Crippen LogP contribution in [0.4, 0.5) is 0 Å². The number of hydrogen-bond acceptors (Lipinski definition) is 6. The molecule has 0 N–H and O–H groups in total. The van der Waals surface area contributed by atoms with Gasteiger partial charge in [-0.2, -0.15) is 0 Å². The van der Waals surface area contributed by atoms with Crippen LogP contribution < -0.4 is 0 Å². The van der Waals surface area contributed by atoms with Gasteiger partial charge in [0.15, 0.2) is 6.10 Å². The molecule has 1 unspecified atom stereocenters.